The van der Waals surface area contributed by atoms with Crippen LogP contribution in [0.15, 0.2) is 42.5 Å². The summed E-state index contributed by atoms with van der Waals surface area (Å²) in [6.45, 7) is 4.27. The molecule has 5 rings (SSSR count). The van der Waals surface area contributed by atoms with E-state index >= 15 is 0 Å². The molecule has 2 aliphatic heterocycles. The predicted octanol–water partition coefficient (Wildman–Crippen LogP) is 3.11. The number of aromatic nitrogens is 1. The van der Waals surface area contributed by atoms with Gasteiger partial charge in [-0.2, -0.15) is 0 Å². The number of hydrogen-bond acceptors (Lipinski definition) is 7. The average Bonchev–Trinajstić information content (AvgIpc) is 3.24. The van der Waals surface area contributed by atoms with Gasteiger partial charge in [0, 0.05) is 37.8 Å². The molecule has 1 N–H and O–H groups in total. The molecule has 2 aliphatic rings. The molecule has 1 fully saturated rings. The molecule has 0 spiro atoms. The Hall–Kier alpha value is -3.43. The fraction of sp³-hybridized carbons (Fsp3) is 0.292. The van der Waals surface area contributed by atoms with Crippen molar-refractivity contribution < 1.29 is 19.1 Å². The lowest BCUT2D eigenvalue weighted by atomic mass is 10.1. The third-order valence-corrected chi connectivity index (χ3v) is 6.58. The van der Waals surface area contributed by atoms with E-state index in [0.29, 0.717) is 35.4 Å². The molecule has 33 heavy (non-hydrogen) atoms. The summed E-state index contributed by atoms with van der Waals surface area (Å²) >= 11 is 1.35. The Bertz CT molecular complexity index is 1230. The van der Waals surface area contributed by atoms with Crippen molar-refractivity contribution >= 4 is 44.6 Å². The summed E-state index contributed by atoms with van der Waals surface area (Å²) < 4.78 is 11.9. The molecule has 0 atom stereocenters. The number of likely N-dealkylation sites (N-methyl/N-ethyl adjacent to an activating group) is 1. The number of ether oxygens (including phenoxy) is 2. The molecule has 8 nitrogen and oxygen atoms in total. The lowest BCUT2D eigenvalue weighted by Crippen LogP contribution is -2.47. The van der Waals surface area contributed by atoms with Crippen molar-refractivity contribution in [2.24, 2.45) is 0 Å². The molecule has 2 amide bonds. The second kappa shape index (κ2) is 9.21. The van der Waals surface area contributed by atoms with Crippen LogP contribution in [0.2, 0.25) is 0 Å². The first-order valence-electron chi connectivity index (χ1n) is 10.8. The number of piperazine rings is 1. The smallest absolute Gasteiger partial charge is 0.253 e. The van der Waals surface area contributed by atoms with Crippen LogP contribution in [0.5, 0.6) is 11.5 Å². The first-order valence-corrected chi connectivity index (χ1v) is 11.6. The third-order valence-electron chi connectivity index (χ3n) is 5.65. The molecule has 1 aromatic heterocycles. The number of anilines is 1. The molecule has 0 bridgehead atoms. The Balaban J connectivity index is 1.25. The Labute approximate surface area is 195 Å². The number of thiazole rings is 1. The van der Waals surface area contributed by atoms with Gasteiger partial charge in [-0.25, -0.2) is 4.98 Å². The van der Waals surface area contributed by atoms with Gasteiger partial charge in [-0.1, -0.05) is 17.4 Å². The van der Waals surface area contributed by atoms with E-state index in [0.717, 1.165) is 42.0 Å². The van der Waals surface area contributed by atoms with E-state index in [4.69, 9.17) is 9.47 Å². The Kier molecular flexibility index (Phi) is 5.97. The summed E-state index contributed by atoms with van der Waals surface area (Å²) in [5.74, 6) is 1.14. The topological polar surface area (TPSA) is 84.0 Å². The number of fused-ring (bicyclic) bond motifs is 2. The van der Waals surface area contributed by atoms with E-state index in [1.165, 1.54) is 17.4 Å². The highest BCUT2D eigenvalue weighted by Gasteiger charge is 2.21. The van der Waals surface area contributed by atoms with Gasteiger partial charge in [0.2, 0.25) is 5.91 Å². The molecule has 3 heterocycles. The van der Waals surface area contributed by atoms with Gasteiger partial charge < -0.3 is 19.3 Å². The summed E-state index contributed by atoms with van der Waals surface area (Å²) in [5.41, 5.74) is 2.24. The van der Waals surface area contributed by atoms with Gasteiger partial charge in [0.15, 0.2) is 16.6 Å². The molecule has 170 valence electrons. The van der Waals surface area contributed by atoms with E-state index in [1.54, 1.807) is 12.1 Å². The van der Waals surface area contributed by atoms with Gasteiger partial charge in [-0.15, -0.1) is 0 Å². The zero-order valence-electron chi connectivity index (χ0n) is 18.2. The molecule has 3 aromatic rings. The predicted molar refractivity (Wildman–Crippen MR) is 128 cm³/mol. The zero-order valence-corrected chi connectivity index (χ0v) is 19.1. The molecule has 0 aliphatic carbocycles. The normalized spacial score (nSPS) is 16.3. The van der Waals surface area contributed by atoms with Crippen molar-refractivity contribution in [3.8, 4) is 11.5 Å². The van der Waals surface area contributed by atoms with Gasteiger partial charge in [0.05, 0.1) is 10.2 Å². The highest BCUT2D eigenvalue weighted by atomic mass is 32.1. The number of nitrogens with zero attached hydrogens (tertiary/aromatic N) is 3. The first-order chi connectivity index (χ1) is 16.0. The monoisotopic (exact) mass is 464 g/mol. The summed E-state index contributed by atoms with van der Waals surface area (Å²) in [6.07, 6.45) is 3.17. The van der Waals surface area contributed by atoms with Crippen LogP contribution in [0.1, 0.15) is 15.9 Å². The number of benzene rings is 2. The largest absolute Gasteiger partial charge is 0.486 e. The maximum Gasteiger partial charge on any atom is 0.253 e. The molecule has 0 radical (unpaired) electrons. The Morgan fingerprint density at radius 3 is 2.64 bits per heavy atom. The maximum absolute atomic E-state index is 12.8. The Morgan fingerprint density at radius 2 is 1.82 bits per heavy atom. The number of carbonyl (C=O) groups excluding carboxylic acids is 2. The van der Waals surface area contributed by atoms with Crippen molar-refractivity contribution in [3.05, 3.63) is 53.6 Å². The molecule has 0 unspecified atom stereocenters. The fourth-order valence-electron chi connectivity index (χ4n) is 3.79. The van der Waals surface area contributed by atoms with Gasteiger partial charge in [-0.05, 0) is 49.0 Å². The van der Waals surface area contributed by atoms with Gasteiger partial charge >= 0.3 is 0 Å². The number of nitrogens with one attached hydrogen (secondary N) is 1. The highest BCUT2D eigenvalue weighted by molar-refractivity contribution is 7.22. The molecular formula is C24H24N4O4S. The molecule has 1 saturated heterocycles. The van der Waals surface area contributed by atoms with E-state index in [2.05, 4.69) is 22.2 Å². The second-order valence-electron chi connectivity index (χ2n) is 8.02. The van der Waals surface area contributed by atoms with Crippen molar-refractivity contribution in [2.75, 3.05) is 51.8 Å². The van der Waals surface area contributed by atoms with Gasteiger partial charge in [0.25, 0.3) is 5.91 Å². The Morgan fingerprint density at radius 1 is 1.03 bits per heavy atom. The third kappa shape index (κ3) is 4.84. The van der Waals surface area contributed by atoms with E-state index in [-0.39, 0.29) is 11.8 Å². The number of hydrogen-bond donors (Lipinski definition) is 1. The molecular weight excluding hydrogens is 440 g/mol. The quantitative estimate of drug-likeness (QED) is 0.598. The average molecular weight is 465 g/mol. The van der Waals surface area contributed by atoms with Crippen LogP contribution in [0.4, 0.5) is 5.13 Å². The van der Waals surface area contributed by atoms with Crippen molar-refractivity contribution in [1.82, 2.24) is 14.8 Å². The van der Waals surface area contributed by atoms with Crippen molar-refractivity contribution in [2.45, 2.75) is 0 Å². The molecule has 2 aromatic carbocycles. The minimum Gasteiger partial charge on any atom is -0.486 e. The minimum absolute atomic E-state index is 0.0337. The summed E-state index contributed by atoms with van der Waals surface area (Å²) in [4.78, 5) is 33.8. The van der Waals surface area contributed by atoms with Crippen LogP contribution < -0.4 is 14.8 Å². The second-order valence-corrected chi connectivity index (χ2v) is 9.05. The van der Waals surface area contributed by atoms with E-state index in [9.17, 15) is 9.59 Å². The van der Waals surface area contributed by atoms with Gasteiger partial charge in [0.1, 0.15) is 13.2 Å². The lowest BCUT2D eigenvalue weighted by Gasteiger charge is -2.32. The van der Waals surface area contributed by atoms with Crippen molar-refractivity contribution in [3.63, 3.8) is 0 Å². The summed E-state index contributed by atoms with van der Waals surface area (Å²) in [7, 11) is 2.06. The lowest BCUT2D eigenvalue weighted by molar-refractivity contribution is -0.111. The number of rotatable bonds is 4. The number of carbonyl (C=O) groups is 2. The van der Waals surface area contributed by atoms with Crippen LogP contribution in [0.3, 0.4) is 0 Å². The SMILES string of the molecule is CN1CCN(C(=O)c2ccc3nc(NC(=O)/C=C\c4ccc5c(c4)OCCO5)sc3c2)CC1. The summed E-state index contributed by atoms with van der Waals surface area (Å²) in [5, 5.41) is 3.30. The van der Waals surface area contributed by atoms with Crippen molar-refractivity contribution in [1.29, 1.82) is 0 Å². The fourth-order valence-corrected chi connectivity index (χ4v) is 4.69. The number of amides is 2. The van der Waals surface area contributed by atoms with E-state index < -0.39 is 0 Å². The minimum atomic E-state index is -0.280. The first kappa shape index (κ1) is 21.4. The van der Waals surface area contributed by atoms with Crippen LogP contribution in [0, 0.1) is 0 Å². The molecule has 9 heteroatoms. The zero-order chi connectivity index (χ0) is 22.8. The van der Waals surface area contributed by atoms with Crippen LogP contribution in [-0.4, -0.2) is 73.0 Å². The van der Waals surface area contributed by atoms with Crippen LogP contribution in [0.25, 0.3) is 16.3 Å². The van der Waals surface area contributed by atoms with Gasteiger partial charge in [-0.3, -0.25) is 14.9 Å². The highest BCUT2D eigenvalue weighted by Crippen LogP contribution is 2.31. The van der Waals surface area contributed by atoms with E-state index in [1.807, 2.05) is 35.2 Å². The van der Waals surface area contributed by atoms with Crippen LogP contribution in [-0.2, 0) is 4.79 Å². The maximum atomic E-state index is 12.8. The standard InChI is InChI=1S/C24H24N4O4S/c1-27-8-10-28(11-9-27)23(30)17-4-5-18-21(15-17)33-24(25-18)26-22(29)7-3-16-2-6-19-20(14-16)32-13-12-31-19/h2-7,14-15H,8-13H2,1H3,(H,25,26,29)/b7-3-. The molecule has 0 saturated carbocycles. The summed E-state index contributed by atoms with van der Waals surface area (Å²) in [6, 6.07) is 11.0. The van der Waals surface area contributed by atoms with Crippen LogP contribution >= 0.6 is 11.3 Å².